The number of pyridine rings is 1. The molecule has 1 heterocycles. The largest absolute Gasteiger partial charge is 0.418 e. The molecule has 0 radical (unpaired) electrons. The lowest BCUT2D eigenvalue weighted by molar-refractivity contribution is -0.138. The zero-order valence-corrected chi connectivity index (χ0v) is 15.8. The van der Waals surface area contributed by atoms with Crippen LogP contribution in [-0.4, -0.2) is 16.6 Å². The molecule has 4 nitrogen and oxygen atoms in total. The first kappa shape index (κ1) is 20.2. The molecule has 0 bridgehead atoms. The third-order valence-corrected chi connectivity index (χ3v) is 5.48. The van der Waals surface area contributed by atoms with Gasteiger partial charge in [0.1, 0.15) is 11.1 Å². The van der Waals surface area contributed by atoms with Gasteiger partial charge in [-0.1, -0.05) is 42.1 Å². The van der Waals surface area contributed by atoms with Crippen molar-refractivity contribution in [3.05, 3.63) is 58.3 Å². The van der Waals surface area contributed by atoms with Crippen molar-refractivity contribution >= 4 is 17.7 Å². The van der Waals surface area contributed by atoms with Gasteiger partial charge in [-0.15, -0.1) is 0 Å². The number of aryl methyl sites for hydroxylation is 1. The molecule has 28 heavy (non-hydrogen) atoms. The number of aromatic nitrogens is 1. The van der Waals surface area contributed by atoms with E-state index >= 15 is 0 Å². The summed E-state index contributed by atoms with van der Waals surface area (Å²) in [7, 11) is 0. The summed E-state index contributed by atoms with van der Waals surface area (Å²) in [5, 5.41) is 12.1. The molecule has 2 aromatic rings. The van der Waals surface area contributed by atoms with E-state index in [9.17, 15) is 23.2 Å². The molecule has 0 fully saturated rings. The summed E-state index contributed by atoms with van der Waals surface area (Å²) in [4.78, 5) is 16.4. The highest BCUT2D eigenvalue weighted by atomic mass is 32.2. The fraction of sp³-hybridized carbons (Fsp3) is 0.350. The van der Waals surface area contributed by atoms with Crippen molar-refractivity contribution in [1.29, 1.82) is 5.26 Å². The molecule has 8 heteroatoms. The number of alkyl halides is 3. The zero-order valence-electron chi connectivity index (χ0n) is 15.0. The Hall–Kier alpha value is -2.53. The Bertz CT molecular complexity index is 908. The number of rotatable bonds is 5. The van der Waals surface area contributed by atoms with Gasteiger partial charge in [-0.25, -0.2) is 4.98 Å². The van der Waals surface area contributed by atoms with Gasteiger partial charge < -0.3 is 5.32 Å². The van der Waals surface area contributed by atoms with Gasteiger partial charge in [0, 0.05) is 12.2 Å². The Kier molecular flexibility index (Phi) is 6.25. The number of carbonyl (C=O) groups is 1. The summed E-state index contributed by atoms with van der Waals surface area (Å²) in [6.45, 7) is 0.330. The van der Waals surface area contributed by atoms with Gasteiger partial charge in [0.05, 0.1) is 16.9 Å². The van der Waals surface area contributed by atoms with Crippen LogP contribution in [0.2, 0.25) is 0 Å². The van der Waals surface area contributed by atoms with Crippen molar-refractivity contribution < 1.29 is 18.0 Å². The minimum absolute atomic E-state index is 0.0228. The summed E-state index contributed by atoms with van der Waals surface area (Å²) in [5.41, 5.74) is 0.0867. The lowest BCUT2D eigenvalue weighted by Crippen LogP contribution is -2.25. The molecule has 0 atom stereocenters. The Balaban J connectivity index is 1.78. The standard InChI is InChI=1S/C20H18F3N3OS/c21-20(22,23)18-14-8-4-5-9-16(14)26-19(15(18)10-24)28-12-17(27)25-11-13-6-2-1-3-7-13/h1-3,6-7H,4-5,8-9,11-12H2,(H,25,27). The molecule has 1 amide bonds. The van der Waals surface area contributed by atoms with Gasteiger partial charge in [-0.2, -0.15) is 18.4 Å². The lowest BCUT2D eigenvalue weighted by atomic mass is 9.90. The van der Waals surface area contributed by atoms with Crippen molar-refractivity contribution in [3.63, 3.8) is 0 Å². The van der Waals surface area contributed by atoms with E-state index in [1.165, 1.54) is 0 Å². The van der Waals surface area contributed by atoms with Crippen molar-refractivity contribution in [1.82, 2.24) is 10.3 Å². The van der Waals surface area contributed by atoms with Gasteiger partial charge in [-0.3, -0.25) is 4.79 Å². The molecular weight excluding hydrogens is 387 g/mol. The summed E-state index contributed by atoms with van der Waals surface area (Å²) in [6.07, 6.45) is -2.48. The fourth-order valence-electron chi connectivity index (χ4n) is 3.22. The van der Waals surface area contributed by atoms with E-state index in [-0.39, 0.29) is 28.7 Å². The number of thioether (sulfide) groups is 1. The lowest BCUT2D eigenvalue weighted by Gasteiger charge is -2.22. The fourth-order valence-corrected chi connectivity index (χ4v) is 4.06. The van der Waals surface area contributed by atoms with E-state index in [0.717, 1.165) is 23.7 Å². The minimum Gasteiger partial charge on any atom is -0.351 e. The number of amides is 1. The van der Waals surface area contributed by atoms with Gasteiger partial charge >= 0.3 is 6.18 Å². The summed E-state index contributed by atoms with van der Waals surface area (Å²) < 4.78 is 40.9. The van der Waals surface area contributed by atoms with Gasteiger partial charge in [0.2, 0.25) is 5.91 Å². The molecule has 1 aromatic carbocycles. The number of fused-ring (bicyclic) bond motifs is 1. The minimum atomic E-state index is -4.62. The van der Waals surface area contributed by atoms with Crippen LogP contribution in [0.3, 0.4) is 0 Å². The molecule has 1 aliphatic carbocycles. The van der Waals surface area contributed by atoms with E-state index in [2.05, 4.69) is 10.3 Å². The Morgan fingerprint density at radius 3 is 2.61 bits per heavy atom. The van der Waals surface area contributed by atoms with E-state index in [1.54, 1.807) is 6.07 Å². The average molecular weight is 405 g/mol. The van der Waals surface area contributed by atoms with Crippen LogP contribution in [0, 0.1) is 11.3 Å². The molecular formula is C20H18F3N3OS. The molecule has 1 aromatic heterocycles. The first-order chi connectivity index (χ1) is 13.4. The second-order valence-corrected chi connectivity index (χ2v) is 7.42. The first-order valence-electron chi connectivity index (χ1n) is 8.86. The number of nitriles is 1. The topological polar surface area (TPSA) is 65.8 Å². The predicted molar refractivity (Wildman–Crippen MR) is 99.6 cm³/mol. The van der Waals surface area contributed by atoms with Crippen LogP contribution >= 0.6 is 11.8 Å². The number of carbonyl (C=O) groups excluding carboxylic acids is 1. The maximum absolute atomic E-state index is 13.6. The summed E-state index contributed by atoms with van der Waals surface area (Å²) in [5.74, 6) is -0.434. The van der Waals surface area contributed by atoms with Gasteiger partial charge in [0.25, 0.3) is 0 Å². The molecule has 0 unspecified atom stereocenters. The molecule has 1 aliphatic rings. The number of nitrogens with one attached hydrogen (secondary N) is 1. The van der Waals surface area contributed by atoms with Crippen LogP contribution in [0.4, 0.5) is 13.2 Å². The van der Waals surface area contributed by atoms with E-state index < -0.39 is 17.3 Å². The van der Waals surface area contributed by atoms with Crippen LogP contribution in [0.1, 0.15) is 40.8 Å². The maximum Gasteiger partial charge on any atom is 0.418 e. The summed E-state index contributed by atoms with van der Waals surface area (Å²) >= 11 is 0.872. The van der Waals surface area contributed by atoms with Crippen LogP contribution in [0.15, 0.2) is 35.4 Å². The zero-order chi connectivity index (χ0) is 20.1. The molecule has 0 saturated carbocycles. The van der Waals surface area contributed by atoms with E-state index in [1.807, 2.05) is 30.3 Å². The highest BCUT2D eigenvalue weighted by Crippen LogP contribution is 2.41. The SMILES string of the molecule is N#Cc1c(SCC(=O)NCc2ccccc2)nc2c(c1C(F)(F)F)CCCC2. The van der Waals surface area contributed by atoms with Crippen molar-refractivity contribution in [2.75, 3.05) is 5.75 Å². The normalized spacial score (nSPS) is 13.5. The second-order valence-electron chi connectivity index (χ2n) is 6.46. The number of benzene rings is 1. The molecule has 1 N–H and O–H groups in total. The molecule has 0 spiro atoms. The van der Waals surface area contributed by atoms with Gasteiger partial charge in [-0.05, 0) is 36.8 Å². The Labute approximate surface area is 165 Å². The molecule has 3 rings (SSSR count). The number of nitrogens with zero attached hydrogens (tertiary/aromatic N) is 2. The van der Waals surface area contributed by atoms with Gasteiger partial charge in [0.15, 0.2) is 0 Å². The average Bonchev–Trinajstić information content (AvgIpc) is 2.69. The highest BCUT2D eigenvalue weighted by Gasteiger charge is 2.39. The van der Waals surface area contributed by atoms with Crippen molar-refractivity contribution in [3.8, 4) is 6.07 Å². The molecule has 146 valence electrons. The number of hydrogen-bond acceptors (Lipinski definition) is 4. The quantitative estimate of drug-likeness (QED) is 0.755. The Morgan fingerprint density at radius 1 is 1.21 bits per heavy atom. The van der Waals surface area contributed by atoms with Crippen LogP contribution < -0.4 is 5.32 Å². The van der Waals surface area contributed by atoms with Crippen LogP contribution in [0.5, 0.6) is 0 Å². The van der Waals surface area contributed by atoms with E-state index in [4.69, 9.17) is 0 Å². The first-order valence-corrected chi connectivity index (χ1v) is 9.85. The van der Waals surface area contributed by atoms with Crippen LogP contribution in [-0.2, 0) is 30.4 Å². The number of halogens is 3. The smallest absolute Gasteiger partial charge is 0.351 e. The highest BCUT2D eigenvalue weighted by molar-refractivity contribution is 8.00. The molecule has 0 saturated heterocycles. The monoisotopic (exact) mass is 405 g/mol. The predicted octanol–water partition coefficient (Wildman–Crippen LogP) is 4.26. The Morgan fingerprint density at radius 2 is 1.93 bits per heavy atom. The van der Waals surface area contributed by atoms with Crippen molar-refractivity contribution in [2.45, 2.75) is 43.4 Å². The molecule has 0 aliphatic heterocycles. The second kappa shape index (κ2) is 8.65. The summed E-state index contributed by atoms with van der Waals surface area (Å²) in [6, 6.07) is 11.0. The maximum atomic E-state index is 13.6. The third-order valence-electron chi connectivity index (χ3n) is 4.51. The van der Waals surface area contributed by atoms with E-state index in [0.29, 0.717) is 25.1 Å². The van der Waals surface area contributed by atoms with Crippen molar-refractivity contribution in [2.24, 2.45) is 0 Å². The third kappa shape index (κ3) is 4.65. The number of hydrogen-bond donors (Lipinski definition) is 1. The van der Waals surface area contributed by atoms with Crippen LogP contribution in [0.25, 0.3) is 0 Å².